The number of carbonyl (C=O) groups excluding carboxylic acids is 2. The Morgan fingerprint density at radius 3 is 2.43 bits per heavy atom. The van der Waals surface area contributed by atoms with Gasteiger partial charge in [0.2, 0.25) is 11.8 Å². The van der Waals surface area contributed by atoms with E-state index < -0.39 is 0 Å². The number of amides is 2. The van der Waals surface area contributed by atoms with Gasteiger partial charge < -0.3 is 14.5 Å². The number of thiophene rings is 1. The number of ether oxygens (including phenoxy) is 1. The summed E-state index contributed by atoms with van der Waals surface area (Å²) in [5, 5.41) is 2.12. The molecule has 0 bridgehead atoms. The van der Waals surface area contributed by atoms with Gasteiger partial charge in [0, 0.05) is 57.0 Å². The third-order valence-corrected chi connectivity index (χ3v) is 8.48. The lowest BCUT2D eigenvalue weighted by Gasteiger charge is -2.37. The Morgan fingerprint density at radius 1 is 0.946 bits per heavy atom. The smallest absolute Gasteiger partial charge is 0.223 e. The topological polar surface area (TPSA) is 53.1 Å². The summed E-state index contributed by atoms with van der Waals surface area (Å²) < 4.78 is 5.24. The van der Waals surface area contributed by atoms with Crippen LogP contribution in [0.2, 0.25) is 0 Å². The van der Waals surface area contributed by atoms with Gasteiger partial charge >= 0.3 is 0 Å². The molecule has 2 aliphatic rings. The first-order valence-electron chi connectivity index (χ1n) is 13.1. The summed E-state index contributed by atoms with van der Waals surface area (Å²) >= 11 is 1.77. The predicted molar refractivity (Wildman–Crippen MR) is 147 cm³/mol. The molecule has 194 valence electrons. The second kappa shape index (κ2) is 11.5. The largest absolute Gasteiger partial charge is 0.497 e. The van der Waals surface area contributed by atoms with E-state index in [0.29, 0.717) is 19.6 Å². The third kappa shape index (κ3) is 5.89. The molecule has 1 aromatic heterocycles. The molecular weight excluding hydrogens is 482 g/mol. The van der Waals surface area contributed by atoms with Crippen LogP contribution in [0.5, 0.6) is 5.75 Å². The van der Waals surface area contributed by atoms with Crippen molar-refractivity contribution in [1.29, 1.82) is 0 Å². The number of aryl methyl sites for hydroxylation is 1. The fraction of sp³-hybridized carbons (Fsp3) is 0.400. The number of piperazine rings is 1. The van der Waals surface area contributed by atoms with Gasteiger partial charge in [-0.1, -0.05) is 42.0 Å². The lowest BCUT2D eigenvalue weighted by atomic mass is 9.92. The van der Waals surface area contributed by atoms with Gasteiger partial charge in [0.1, 0.15) is 5.75 Å². The molecule has 3 aromatic rings. The molecule has 2 aliphatic heterocycles. The quantitative estimate of drug-likeness (QED) is 0.457. The summed E-state index contributed by atoms with van der Waals surface area (Å²) in [4.78, 5) is 34.1. The van der Waals surface area contributed by atoms with Crippen LogP contribution < -0.4 is 4.74 Å². The van der Waals surface area contributed by atoms with Crippen LogP contribution in [0.3, 0.4) is 0 Å². The summed E-state index contributed by atoms with van der Waals surface area (Å²) in [5.41, 5.74) is 4.81. The number of hydrogen-bond acceptors (Lipinski definition) is 5. The highest BCUT2D eigenvalue weighted by molar-refractivity contribution is 7.10. The number of benzene rings is 2. The molecule has 0 N–H and O–H groups in total. The summed E-state index contributed by atoms with van der Waals surface area (Å²) in [5.74, 6) is 1.01. The van der Waals surface area contributed by atoms with Crippen molar-refractivity contribution >= 4 is 23.2 Å². The first-order chi connectivity index (χ1) is 18.0. The number of hydrogen-bond donors (Lipinski definition) is 0. The van der Waals surface area contributed by atoms with Crippen LogP contribution >= 0.6 is 11.3 Å². The maximum absolute atomic E-state index is 13.4. The van der Waals surface area contributed by atoms with Gasteiger partial charge in [-0.3, -0.25) is 14.5 Å². The molecule has 3 heterocycles. The molecule has 37 heavy (non-hydrogen) atoms. The van der Waals surface area contributed by atoms with E-state index >= 15 is 0 Å². The van der Waals surface area contributed by atoms with Crippen molar-refractivity contribution < 1.29 is 14.3 Å². The average Bonchev–Trinajstić information content (AvgIpc) is 3.41. The van der Waals surface area contributed by atoms with E-state index in [1.54, 1.807) is 18.4 Å². The molecule has 2 amide bonds. The van der Waals surface area contributed by atoms with Gasteiger partial charge in [-0.05, 0) is 53.6 Å². The van der Waals surface area contributed by atoms with E-state index in [9.17, 15) is 9.59 Å². The molecule has 2 aromatic carbocycles. The van der Waals surface area contributed by atoms with Crippen LogP contribution in [0, 0.1) is 6.92 Å². The number of carbonyl (C=O) groups is 2. The van der Waals surface area contributed by atoms with E-state index in [1.165, 1.54) is 21.6 Å². The first-order valence-corrected chi connectivity index (χ1v) is 13.9. The molecule has 5 rings (SSSR count). The second-order valence-corrected chi connectivity index (χ2v) is 11.0. The van der Waals surface area contributed by atoms with Crippen molar-refractivity contribution in [3.05, 3.63) is 87.1 Å². The van der Waals surface area contributed by atoms with Gasteiger partial charge in [0.05, 0.1) is 13.2 Å². The Kier molecular flexibility index (Phi) is 7.91. The molecule has 1 unspecified atom stereocenters. The van der Waals surface area contributed by atoms with E-state index in [4.69, 9.17) is 4.74 Å². The predicted octanol–water partition coefficient (Wildman–Crippen LogP) is 4.66. The van der Waals surface area contributed by atoms with Gasteiger partial charge in [-0.15, -0.1) is 11.3 Å². The number of nitrogens with zero attached hydrogens (tertiary/aromatic N) is 3. The van der Waals surface area contributed by atoms with Crippen molar-refractivity contribution in [3.63, 3.8) is 0 Å². The maximum Gasteiger partial charge on any atom is 0.223 e. The number of methoxy groups -OCH3 is 1. The standard InChI is InChI=1S/C30H35N3O3S/c1-22-4-3-5-24(20-22)30-26-13-19-37-27(26)12-14-33(30)29(35)11-10-28(34)32-17-15-31(16-18-32)21-23-6-8-25(36-2)9-7-23/h3-9,13,19-20,30H,10-12,14-18,21H2,1-2H3. The minimum absolute atomic E-state index is 0.0647. The van der Waals surface area contributed by atoms with Gasteiger partial charge in [0.25, 0.3) is 0 Å². The molecule has 6 nitrogen and oxygen atoms in total. The monoisotopic (exact) mass is 517 g/mol. The maximum atomic E-state index is 13.4. The van der Waals surface area contributed by atoms with Crippen molar-refractivity contribution in [2.75, 3.05) is 39.8 Å². The van der Waals surface area contributed by atoms with Gasteiger partial charge in [-0.2, -0.15) is 0 Å². The Morgan fingerprint density at radius 2 is 1.70 bits per heavy atom. The normalized spacial score (nSPS) is 17.9. The first kappa shape index (κ1) is 25.5. The van der Waals surface area contributed by atoms with Crippen LogP contribution in [0.1, 0.15) is 46.0 Å². The summed E-state index contributed by atoms with van der Waals surface area (Å²) in [7, 11) is 1.67. The molecule has 1 fully saturated rings. The SMILES string of the molecule is COc1ccc(CN2CCN(C(=O)CCC(=O)N3CCc4sccc4C3c3cccc(C)c3)CC2)cc1. The number of rotatable bonds is 7. The lowest BCUT2D eigenvalue weighted by molar-refractivity contribution is -0.139. The van der Waals surface area contributed by atoms with E-state index in [2.05, 4.69) is 59.7 Å². The van der Waals surface area contributed by atoms with Crippen molar-refractivity contribution in [1.82, 2.24) is 14.7 Å². The van der Waals surface area contributed by atoms with Crippen LogP contribution in [0.15, 0.2) is 60.0 Å². The van der Waals surface area contributed by atoms with E-state index in [0.717, 1.165) is 37.4 Å². The highest BCUT2D eigenvalue weighted by atomic mass is 32.1. The zero-order chi connectivity index (χ0) is 25.8. The Balaban J connectivity index is 1.15. The molecule has 1 saturated heterocycles. The Labute approximate surface area is 223 Å². The summed E-state index contributed by atoms with van der Waals surface area (Å²) in [6.45, 7) is 6.74. The second-order valence-electron chi connectivity index (χ2n) is 9.96. The van der Waals surface area contributed by atoms with Crippen molar-refractivity contribution in [3.8, 4) is 5.75 Å². The molecule has 0 radical (unpaired) electrons. The molecular formula is C30H35N3O3S. The van der Waals surface area contributed by atoms with Crippen LogP contribution in [0.25, 0.3) is 0 Å². The third-order valence-electron chi connectivity index (χ3n) is 7.49. The fourth-order valence-corrected chi connectivity index (χ4v) is 6.35. The number of fused-ring (bicyclic) bond motifs is 1. The summed E-state index contributed by atoms with van der Waals surface area (Å²) in [6.07, 6.45) is 1.41. The minimum atomic E-state index is -0.0704. The van der Waals surface area contributed by atoms with Crippen LogP contribution in [-0.2, 0) is 22.6 Å². The van der Waals surface area contributed by atoms with E-state index in [-0.39, 0.29) is 30.7 Å². The fourth-order valence-electron chi connectivity index (χ4n) is 5.44. The molecule has 0 aliphatic carbocycles. The Bertz CT molecular complexity index is 1230. The van der Waals surface area contributed by atoms with Crippen molar-refractivity contribution in [2.24, 2.45) is 0 Å². The highest BCUT2D eigenvalue weighted by Gasteiger charge is 2.33. The zero-order valence-corrected chi connectivity index (χ0v) is 22.5. The van der Waals surface area contributed by atoms with E-state index in [1.807, 2.05) is 21.9 Å². The van der Waals surface area contributed by atoms with Crippen LogP contribution in [0.4, 0.5) is 0 Å². The van der Waals surface area contributed by atoms with Gasteiger partial charge in [0.15, 0.2) is 0 Å². The molecule has 0 saturated carbocycles. The summed E-state index contributed by atoms with van der Waals surface area (Å²) in [6, 6.07) is 18.7. The zero-order valence-electron chi connectivity index (χ0n) is 21.7. The lowest BCUT2D eigenvalue weighted by Crippen LogP contribution is -2.48. The molecule has 1 atom stereocenters. The molecule has 7 heteroatoms. The average molecular weight is 518 g/mol. The van der Waals surface area contributed by atoms with Crippen molar-refractivity contribution in [2.45, 2.75) is 38.8 Å². The minimum Gasteiger partial charge on any atom is -0.497 e. The molecule has 0 spiro atoms. The van der Waals surface area contributed by atoms with Crippen LogP contribution in [-0.4, -0.2) is 66.3 Å². The Hall–Kier alpha value is -3.16. The van der Waals surface area contributed by atoms with Gasteiger partial charge in [-0.25, -0.2) is 0 Å². The highest BCUT2D eigenvalue weighted by Crippen LogP contribution is 2.38.